The van der Waals surface area contributed by atoms with E-state index in [0.29, 0.717) is 24.1 Å². The van der Waals surface area contributed by atoms with Crippen molar-refractivity contribution < 1.29 is 14.7 Å². The molecule has 112 valence electrons. The van der Waals surface area contributed by atoms with Gasteiger partial charge in [-0.3, -0.25) is 9.59 Å². The third-order valence-electron chi connectivity index (χ3n) is 3.34. The number of ketones is 1. The van der Waals surface area contributed by atoms with Crippen LogP contribution in [0.3, 0.4) is 0 Å². The van der Waals surface area contributed by atoms with Crippen LogP contribution in [0.25, 0.3) is 0 Å². The highest BCUT2D eigenvalue weighted by atomic mass is 16.3. The Balaban J connectivity index is 2.62. The van der Waals surface area contributed by atoms with Crippen LogP contribution < -0.4 is 5.32 Å². The third-order valence-corrected chi connectivity index (χ3v) is 3.34. The average molecular weight is 280 g/mol. The van der Waals surface area contributed by atoms with E-state index in [1.807, 2.05) is 13.8 Å². The number of hydrogen-bond acceptors (Lipinski definition) is 3. The monoisotopic (exact) mass is 280 g/mol. The van der Waals surface area contributed by atoms with E-state index in [0.717, 1.165) is 12.8 Å². The fourth-order valence-corrected chi connectivity index (χ4v) is 2.30. The molecule has 0 saturated heterocycles. The summed E-state index contributed by atoms with van der Waals surface area (Å²) in [4.78, 5) is 25.9. The first-order chi connectivity index (χ1) is 9.41. The minimum Gasteiger partial charge on any atom is -0.388 e. The predicted octanol–water partition coefficient (Wildman–Crippen LogP) is 2.28. The lowest BCUT2D eigenvalue weighted by Crippen LogP contribution is -2.42. The van der Waals surface area contributed by atoms with Crippen LogP contribution >= 0.6 is 0 Å². The Hall–Kier alpha value is -1.62. The van der Waals surface area contributed by atoms with Crippen molar-refractivity contribution >= 4 is 11.7 Å². The van der Waals surface area contributed by atoms with Crippen molar-refractivity contribution in [2.45, 2.75) is 52.1 Å². The van der Waals surface area contributed by atoms with Gasteiger partial charge in [0.05, 0.1) is 5.60 Å². The summed E-state index contributed by atoms with van der Waals surface area (Å²) in [7, 11) is 0. The molecule has 3 N–H and O–H groups in total. The molecule has 20 heavy (non-hydrogen) atoms. The zero-order valence-electron chi connectivity index (χ0n) is 12.5. The molecule has 0 aromatic carbocycles. The number of aromatic nitrogens is 1. The van der Waals surface area contributed by atoms with E-state index in [4.69, 9.17) is 0 Å². The molecule has 1 heterocycles. The molecule has 1 aromatic rings. The van der Waals surface area contributed by atoms with E-state index in [2.05, 4.69) is 10.3 Å². The van der Waals surface area contributed by atoms with E-state index in [1.165, 1.54) is 19.2 Å². The molecule has 1 amide bonds. The third kappa shape index (κ3) is 4.49. The van der Waals surface area contributed by atoms with E-state index in [1.54, 1.807) is 0 Å². The van der Waals surface area contributed by atoms with Gasteiger partial charge in [-0.1, -0.05) is 26.7 Å². The lowest BCUT2D eigenvalue weighted by atomic mass is 9.92. The van der Waals surface area contributed by atoms with Crippen molar-refractivity contribution in [3.8, 4) is 0 Å². The SMILES string of the molecule is CCCC(O)(CCC)CNC(=O)c1cc(C(C)=O)c[nH]1. The van der Waals surface area contributed by atoms with Gasteiger partial charge in [0.1, 0.15) is 5.69 Å². The molecular formula is C15H24N2O3. The molecule has 0 aliphatic carbocycles. The Labute approximate surface area is 119 Å². The van der Waals surface area contributed by atoms with Crippen molar-refractivity contribution in [3.63, 3.8) is 0 Å². The fraction of sp³-hybridized carbons (Fsp3) is 0.600. The molecule has 5 nitrogen and oxygen atoms in total. The zero-order valence-corrected chi connectivity index (χ0v) is 12.5. The van der Waals surface area contributed by atoms with Crippen LogP contribution in [0, 0.1) is 0 Å². The number of H-pyrrole nitrogens is 1. The molecule has 1 rings (SSSR count). The molecule has 0 aliphatic heterocycles. The number of carbonyl (C=O) groups is 2. The highest BCUT2D eigenvalue weighted by Crippen LogP contribution is 2.18. The maximum Gasteiger partial charge on any atom is 0.267 e. The second kappa shape index (κ2) is 7.24. The molecule has 0 atom stereocenters. The number of aromatic amines is 1. The Kier molecular flexibility index (Phi) is 5.95. The minimum atomic E-state index is -0.852. The molecule has 0 fully saturated rings. The number of amides is 1. The van der Waals surface area contributed by atoms with Gasteiger partial charge in [-0.15, -0.1) is 0 Å². The molecule has 0 radical (unpaired) electrons. The van der Waals surface area contributed by atoms with Crippen LogP contribution in [0.1, 0.15) is 67.3 Å². The van der Waals surface area contributed by atoms with Gasteiger partial charge in [-0.05, 0) is 25.8 Å². The number of aliphatic hydroxyl groups is 1. The number of hydrogen-bond donors (Lipinski definition) is 3. The molecule has 5 heteroatoms. The lowest BCUT2D eigenvalue weighted by Gasteiger charge is -2.27. The summed E-state index contributed by atoms with van der Waals surface area (Å²) in [6.45, 7) is 5.69. The van der Waals surface area contributed by atoms with Gasteiger partial charge < -0.3 is 15.4 Å². The summed E-state index contributed by atoms with van der Waals surface area (Å²) >= 11 is 0. The smallest absolute Gasteiger partial charge is 0.267 e. The predicted molar refractivity (Wildman–Crippen MR) is 77.9 cm³/mol. The molecular weight excluding hydrogens is 256 g/mol. The summed E-state index contributed by atoms with van der Waals surface area (Å²) in [6, 6.07) is 1.52. The Bertz CT molecular complexity index is 459. The maximum absolute atomic E-state index is 12.0. The van der Waals surface area contributed by atoms with E-state index in [9.17, 15) is 14.7 Å². The van der Waals surface area contributed by atoms with Crippen LogP contribution in [-0.4, -0.2) is 33.9 Å². The van der Waals surface area contributed by atoms with Gasteiger partial charge >= 0.3 is 0 Å². The summed E-state index contributed by atoms with van der Waals surface area (Å²) in [6.07, 6.45) is 4.56. The topological polar surface area (TPSA) is 82.2 Å². The number of rotatable bonds is 8. The summed E-state index contributed by atoms with van der Waals surface area (Å²) in [5.74, 6) is -0.392. The maximum atomic E-state index is 12.0. The molecule has 0 saturated carbocycles. The van der Waals surface area contributed by atoms with Gasteiger partial charge in [0.2, 0.25) is 0 Å². The number of carbonyl (C=O) groups excluding carboxylic acids is 2. The van der Waals surface area contributed by atoms with Crippen LogP contribution in [0.15, 0.2) is 12.3 Å². The van der Waals surface area contributed by atoms with E-state index in [-0.39, 0.29) is 18.2 Å². The first-order valence-corrected chi connectivity index (χ1v) is 7.11. The molecule has 0 aliphatic rings. The van der Waals surface area contributed by atoms with Gasteiger partial charge in [0.15, 0.2) is 5.78 Å². The molecule has 0 unspecified atom stereocenters. The summed E-state index contributed by atoms with van der Waals surface area (Å²) < 4.78 is 0. The second-order valence-corrected chi connectivity index (χ2v) is 5.27. The quantitative estimate of drug-likeness (QED) is 0.639. The standard InChI is InChI=1S/C15H24N2O3/c1-4-6-15(20,7-5-2)10-17-14(19)13-8-12(9-16-13)11(3)18/h8-9,16,20H,4-7,10H2,1-3H3,(H,17,19). The van der Waals surface area contributed by atoms with E-state index >= 15 is 0 Å². The largest absolute Gasteiger partial charge is 0.388 e. The van der Waals surface area contributed by atoms with Crippen LogP contribution in [0.5, 0.6) is 0 Å². The van der Waals surface area contributed by atoms with E-state index < -0.39 is 5.60 Å². The van der Waals surface area contributed by atoms with Gasteiger partial charge in [-0.2, -0.15) is 0 Å². The van der Waals surface area contributed by atoms with Crippen LogP contribution in [0.2, 0.25) is 0 Å². The average Bonchev–Trinajstić information content (AvgIpc) is 2.86. The molecule has 0 bridgehead atoms. The normalized spacial score (nSPS) is 11.4. The van der Waals surface area contributed by atoms with Crippen molar-refractivity contribution in [3.05, 3.63) is 23.5 Å². The molecule has 1 aromatic heterocycles. The lowest BCUT2D eigenvalue weighted by molar-refractivity contribution is 0.0212. The highest BCUT2D eigenvalue weighted by molar-refractivity contribution is 5.99. The van der Waals surface area contributed by atoms with Crippen LogP contribution in [-0.2, 0) is 0 Å². The van der Waals surface area contributed by atoms with Gasteiger partial charge in [-0.25, -0.2) is 0 Å². The summed E-state index contributed by atoms with van der Waals surface area (Å²) in [5, 5.41) is 13.2. The van der Waals surface area contributed by atoms with Crippen LogP contribution in [0.4, 0.5) is 0 Å². The molecule has 0 spiro atoms. The van der Waals surface area contributed by atoms with Crippen molar-refractivity contribution in [1.82, 2.24) is 10.3 Å². The Morgan fingerprint density at radius 1 is 1.30 bits per heavy atom. The minimum absolute atomic E-state index is 0.0891. The van der Waals surface area contributed by atoms with Crippen molar-refractivity contribution in [1.29, 1.82) is 0 Å². The summed E-state index contributed by atoms with van der Waals surface area (Å²) in [5.41, 5.74) is -0.0344. The first kappa shape index (κ1) is 16.4. The number of nitrogens with one attached hydrogen (secondary N) is 2. The highest BCUT2D eigenvalue weighted by Gasteiger charge is 2.25. The second-order valence-electron chi connectivity index (χ2n) is 5.27. The zero-order chi connectivity index (χ0) is 15.2. The van der Waals surface area contributed by atoms with Crippen molar-refractivity contribution in [2.24, 2.45) is 0 Å². The number of Topliss-reactive ketones (excluding diaryl/α,β-unsaturated/α-hetero) is 1. The fourth-order valence-electron chi connectivity index (χ4n) is 2.30. The Morgan fingerprint density at radius 3 is 2.35 bits per heavy atom. The first-order valence-electron chi connectivity index (χ1n) is 7.11. The van der Waals surface area contributed by atoms with Crippen molar-refractivity contribution in [2.75, 3.05) is 6.54 Å². The Morgan fingerprint density at radius 2 is 1.90 bits per heavy atom. The van der Waals surface area contributed by atoms with Gasteiger partial charge in [0, 0.05) is 18.3 Å². The van der Waals surface area contributed by atoms with Gasteiger partial charge in [0.25, 0.3) is 5.91 Å².